The number of amides is 1. The molecular weight excluding hydrogens is 340 g/mol. The molecular formula is C19H21ClN2OS. The van der Waals surface area contributed by atoms with E-state index < -0.39 is 0 Å². The van der Waals surface area contributed by atoms with Gasteiger partial charge in [-0.1, -0.05) is 43.0 Å². The Bertz CT molecular complexity index is 717. The summed E-state index contributed by atoms with van der Waals surface area (Å²) in [7, 11) is 0. The number of carbonyl (C=O) groups is 1. The number of rotatable bonds is 4. The smallest absolute Gasteiger partial charge is 0.273 e. The SMILES string of the molecule is O=C(c1csc(-c2ccc(Cl)cc2)n1)N(C1CCCCC1)C1CC1. The van der Waals surface area contributed by atoms with Crippen molar-refractivity contribution in [3.63, 3.8) is 0 Å². The Kier molecular flexibility index (Phi) is 4.59. The molecule has 2 aliphatic rings. The number of nitrogens with zero attached hydrogens (tertiary/aromatic N) is 2. The highest BCUT2D eigenvalue weighted by molar-refractivity contribution is 7.13. The van der Waals surface area contributed by atoms with E-state index in [2.05, 4.69) is 9.88 Å². The molecule has 0 aliphatic heterocycles. The van der Waals surface area contributed by atoms with Crippen molar-refractivity contribution in [1.29, 1.82) is 0 Å². The Balaban J connectivity index is 1.55. The first-order chi connectivity index (χ1) is 11.7. The zero-order valence-electron chi connectivity index (χ0n) is 13.6. The van der Waals surface area contributed by atoms with Crippen molar-refractivity contribution in [2.45, 2.75) is 57.0 Å². The number of aromatic nitrogens is 1. The number of halogens is 1. The van der Waals surface area contributed by atoms with Crippen LogP contribution in [0.4, 0.5) is 0 Å². The van der Waals surface area contributed by atoms with Crippen LogP contribution < -0.4 is 0 Å². The minimum Gasteiger partial charge on any atom is -0.331 e. The van der Waals surface area contributed by atoms with E-state index in [9.17, 15) is 4.79 Å². The highest BCUT2D eigenvalue weighted by Gasteiger charge is 2.38. The zero-order valence-corrected chi connectivity index (χ0v) is 15.2. The summed E-state index contributed by atoms with van der Waals surface area (Å²) in [4.78, 5) is 19.8. The molecule has 2 aromatic rings. The van der Waals surface area contributed by atoms with Crippen LogP contribution in [0.25, 0.3) is 10.6 Å². The summed E-state index contributed by atoms with van der Waals surface area (Å²) in [5.74, 6) is 0.126. The lowest BCUT2D eigenvalue weighted by molar-refractivity contribution is 0.0609. The summed E-state index contributed by atoms with van der Waals surface area (Å²) >= 11 is 7.48. The summed E-state index contributed by atoms with van der Waals surface area (Å²) in [6, 6.07) is 8.49. The van der Waals surface area contributed by atoms with Gasteiger partial charge in [0.2, 0.25) is 0 Å². The van der Waals surface area contributed by atoms with E-state index in [1.807, 2.05) is 29.6 Å². The molecule has 4 rings (SSSR count). The number of thiazole rings is 1. The standard InChI is InChI=1S/C19H21ClN2OS/c20-14-8-6-13(7-9-14)18-21-17(12-24-18)19(23)22(16-10-11-16)15-4-2-1-3-5-15/h6-9,12,15-16H,1-5,10-11H2. The van der Waals surface area contributed by atoms with Crippen molar-refractivity contribution < 1.29 is 4.79 Å². The fourth-order valence-corrected chi connectivity index (χ4v) is 4.50. The first kappa shape index (κ1) is 16.1. The van der Waals surface area contributed by atoms with Crippen LogP contribution in [0.1, 0.15) is 55.4 Å². The second kappa shape index (κ2) is 6.85. The van der Waals surface area contributed by atoms with E-state index in [-0.39, 0.29) is 5.91 Å². The molecule has 2 aliphatic carbocycles. The lowest BCUT2D eigenvalue weighted by Gasteiger charge is -2.34. The summed E-state index contributed by atoms with van der Waals surface area (Å²) in [5, 5.41) is 3.50. The molecule has 3 nitrogen and oxygen atoms in total. The van der Waals surface area contributed by atoms with E-state index in [1.54, 1.807) is 0 Å². The van der Waals surface area contributed by atoms with Gasteiger partial charge in [0.15, 0.2) is 0 Å². The van der Waals surface area contributed by atoms with Crippen LogP contribution in [-0.4, -0.2) is 27.9 Å². The maximum absolute atomic E-state index is 13.1. The predicted octanol–water partition coefficient (Wildman–Crippen LogP) is 5.40. The summed E-state index contributed by atoms with van der Waals surface area (Å²) < 4.78 is 0. The molecule has 1 heterocycles. The molecule has 2 saturated carbocycles. The third-order valence-corrected chi connectivity index (χ3v) is 6.10. The van der Waals surface area contributed by atoms with E-state index in [0.717, 1.165) is 36.3 Å². The molecule has 24 heavy (non-hydrogen) atoms. The van der Waals surface area contributed by atoms with Gasteiger partial charge in [0, 0.05) is 28.0 Å². The molecule has 1 aromatic heterocycles. The molecule has 2 fully saturated rings. The normalized spacial score (nSPS) is 18.5. The Morgan fingerprint density at radius 2 is 1.71 bits per heavy atom. The minimum atomic E-state index is 0.126. The maximum Gasteiger partial charge on any atom is 0.273 e. The Hall–Kier alpha value is -1.39. The Morgan fingerprint density at radius 1 is 1.04 bits per heavy atom. The van der Waals surface area contributed by atoms with Crippen LogP contribution in [0, 0.1) is 0 Å². The van der Waals surface area contributed by atoms with E-state index in [0.29, 0.717) is 22.8 Å². The van der Waals surface area contributed by atoms with E-state index in [4.69, 9.17) is 11.6 Å². The molecule has 0 atom stereocenters. The topological polar surface area (TPSA) is 33.2 Å². The van der Waals surface area contributed by atoms with Gasteiger partial charge in [0.25, 0.3) is 5.91 Å². The summed E-state index contributed by atoms with van der Waals surface area (Å²) in [6.45, 7) is 0. The second-order valence-electron chi connectivity index (χ2n) is 6.78. The van der Waals surface area contributed by atoms with Crippen LogP contribution in [0.2, 0.25) is 5.02 Å². The van der Waals surface area contributed by atoms with Gasteiger partial charge in [-0.25, -0.2) is 4.98 Å². The Labute approximate surface area is 151 Å². The molecule has 1 aromatic carbocycles. The second-order valence-corrected chi connectivity index (χ2v) is 8.07. The molecule has 0 unspecified atom stereocenters. The number of benzene rings is 1. The number of carbonyl (C=O) groups excluding carboxylic acids is 1. The van der Waals surface area contributed by atoms with Gasteiger partial charge in [-0.15, -0.1) is 11.3 Å². The average molecular weight is 361 g/mol. The fourth-order valence-electron chi connectivity index (χ4n) is 3.57. The summed E-state index contributed by atoms with van der Waals surface area (Å²) in [5.41, 5.74) is 1.61. The molecule has 126 valence electrons. The van der Waals surface area contributed by atoms with Gasteiger partial charge >= 0.3 is 0 Å². The van der Waals surface area contributed by atoms with Crippen LogP contribution in [0.15, 0.2) is 29.6 Å². The van der Waals surface area contributed by atoms with Gasteiger partial charge in [-0.3, -0.25) is 4.79 Å². The van der Waals surface area contributed by atoms with Crippen LogP contribution in [0.5, 0.6) is 0 Å². The van der Waals surface area contributed by atoms with Gasteiger partial charge in [0.1, 0.15) is 10.7 Å². The third-order valence-electron chi connectivity index (χ3n) is 4.96. The molecule has 1 amide bonds. The van der Waals surface area contributed by atoms with Gasteiger partial charge in [-0.2, -0.15) is 0 Å². The van der Waals surface area contributed by atoms with Crippen molar-refractivity contribution in [2.75, 3.05) is 0 Å². The van der Waals surface area contributed by atoms with Crippen LogP contribution in [0.3, 0.4) is 0 Å². The van der Waals surface area contributed by atoms with Crippen molar-refractivity contribution in [3.05, 3.63) is 40.4 Å². The van der Waals surface area contributed by atoms with E-state index >= 15 is 0 Å². The fraction of sp³-hybridized carbons (Fsp3) is 0.474. The molecule has 5 heteroatoms. The number of hydrogen-bond donors (Lipinski definition) is 0. The van der Waals surface area contributed by atoms with Gasteiger partial charge in [-0.05, 0) is 37.8 Å². The predicted molar refractivity (Wildman–Crippen MR) is 98.6 cm³/mol. The number of hydrogen-bond acceptors (Lipinski definition) is 3. The lowest BCUT2D eigenvalue weighted by Crippen LogP contribution is -2.43. The van der Waals surface area contributed by atoms with Gasteiger partial charge < -0.3 is 4.90 Å². The van der Waals surface area contributed by atoms with E-state index in [1.165, 1.54) is 30.6 Å². The highest BCUT2D eigenvalue weighted by atomic mass is 35.5. The first-order valence-electron chi connectivity index (χ1n) is 8.76. The van der Waals surface area contributed by atoms with Crippen LogP contribution >= 0.6 is 22.9 Å². The van der Waals surface area contributed by atoms with Crippen molar-refractivity contribution >= 4 is 28.8 Å². The quantitative estimate of drug-likeness (QED) is 0.731. The third kappa shape index (κ3) is 3.35. The first-order valence-corrected chi connectivity index (χ1v) is 10.0. The van der Waals surface area contributed by atoms with Crippen molar-refractivity contribution in [2.24, 2.45) is 0 Å². The monoisotopic (exact) mass is 360 g/mol. The largest absolute Gasteiger partial charge is 0.331 e. The highest BCUT2D eigenvalue weighted by Crippen LogP contribution is 2.35. The lowest BCUT2D eigenvalue weighted by atomic mass is 9.94. The van der Waals surface area contributed by atoms with Crippen molar-refractivity contribution in [1.82, 2.24) is 9.88 Å². The molecule has 0 spiro atoms. The summed E-state index contributed by atoms with van der Waals surface area (Å²) in [6.07, 6.45) is 8.39. The molecule has 0 radical (unpaired) electrons. The molecule has 0 bridgehead atoms. The van der Waals surface area contributed by atoms with Crippen LogP contribution in [-0.2, 0) is 0 Å². The Morgan fingerprint density at radius 3 is 2.38 bits per heavy atom. The minimum absolute atomic E-state index is 0.126. The zero-order chi connectivity index (χ0) is 16.5. The molecule has 0 saturated heterocycles. The van der Waals surface area contributed by atoms with Gasteiger partial charge in [0.05, 0.1) is 0 Å². The van der Waals surface area contributed by atoms with Crippen molar-refractivity contribution in [3.8, 4) is 10.6 Å². The molecule has 0 N–H and O–H groups in total. The average Bonchev–Trinajstić information content (AvgIpc) is 3.31. The maximum atomic E-state index is 13.1.